The largest absolute Gasteiger partial charge is 0.442 e. The molecule has 4 heteroatoms. The average Bonchev–Trinajstić information content (AvgIpc) is 3.13. The smallest absolute Gasteiger partial charge is 0.307 e. The number of hydrogen-bond acceptors (Lipinski definition) is 3. The van der Waals surface area contributed by atoms with E-state index in [-0.39, 0.29) is 12.2 Å². The zero-order valence-electron chi connectivity index (χ0n) is 19.2. The Labute approximate surface area is 202 Å². The Morgan fingerprint density at radius 2 is 1.06 bits per heavy atom. The molecule has 3 nitrogen and oxygen atoms in total. The van der Waals surface area contributed by atoms with Gasteiger partial charge in [0.25, 0.3) is 8.24 Å². The molecule has 0 aromatic heterocycles. The Morgan fingerprint density at radius 1 is 0.618 bits per heavy atom. The van der Waals surface area contributed by atoms with Gasteiger partial charge in [-0.3, -0.25) is 4.79 Å². The van der Waals surface area contributed by atoms with E-state index in [4.69, 9.17) is 4.74 Å². The summed E-state index contributed by atoms with van der Waals surface area (Å²) in [6.07, 6.45) is 2.78. The zero-order valence-corrected chi connectivity index (χ0v) is 20.2. The minimum absolute atomic E-state index is 0.111. The maximum absolute atomic E-state index is 12.7. The monoisotopic (exact) mass is 463 g/mol. The molecule has 0 amide bonds. The summed E-state index contributed by atoms with van der Waals surface area (Å²) in [7, 11) is -2.88. The van der Waals surface area contributed by atoms with Gasteiger partial charge in [0, 0.05) is 18.5 Å². The molecule has 1 aliphatic heterocycles. The molecule has 0 aliphatic carbocycles. The van der Waals surface area contributed by atoms with Crippen LogP contribution < -0.4 is 20.1 Å². The molecule has 0 saturated carbocycles. The van der Waals surface area contributed by atoms with Gasteiger partial charge in [0.15, 0.2) is 6.23 Å². The number of cyclic esters (lactones) is 1. The molecular weight excluding hydrogens is 434 g/mol. The standard InChI is InChI=1S/C30H29NO2Si/c32-30-24-14-13-23-29(33-30)31(25-15-5-1-6-16-25)34(26-17-7-2-8-18-26,27-19-9-3-10-20-27)28-21-11-4-12-22-28/h1-12,15-22,29H,13-14,23-24H2. The molecule has 1 aliphatic rings. The highest BCUT2D eigenvalue weighted by Crippen LogP contribution is 2.29. The highest BCUT2D eigenvalue weighted by molar-refractivity contribution is 7.13. The first-order valence-electron chi connectivity index (χ1n) is 12.0. The molecule has 0 radical (unpaired) electrons. The molecule has 4 aromatic rings. The van der Waals surface area contributed by atoms with Gasteiger partial charge in [0.1, 0.15) is 0 Å². The topological polar surface area (TPSA) is 29.5 Å². The van der Waals surface area contributed by atoms with Crippen molar-refractivity contribution < 1.29 is 9.53 Å². The second-order valence-electron chi connectivity index (χ2n) is 8.70. The van der Waals surface area contributed by atoms with Gasteiger partial charge in [-0.1, -0.05) is 109 Å². The molecule has 0 bridgehead atoms. The van der Waals surface area contributed by atoms with Crippen molar-refractivity contribution in [3.63, 3.8) is 0 Å². The normalized spacial score (nSPS) is 16.4. The van der Waals surface area contributed by atoms with E-state index in [9.17, 15) is 4.79 Å². The fraction of sp³-hybridized carbons (Fsp3) is 0.167. The Morgan fingerprint density at radius 3 is 1.53 bits per heavy atom. The molecule has 1 heterocycles. The van der Waals surface area contributed by atoms with E-state index >= 15 is 0 Å². The van der Waals surface area contributed by atoms with Crippen LogP contribution in [-0.4, -0.2) is 20.4 Å². The first-order chi connectivity index (χ1) is 16.8. The van der Waals surface area contributed by atoms with E-state index in [1.807, 2.05) is 6.07 Å². The molecule has 0 N–H and O–H groups in total. The lowest BCUT2D eigenvalue weighted by molar-refractivity contribution is -0.147. The Hall–Kier alpha value is -3.63. The number of carbonyl (C=O) groups is 1. The van der Waals surface area contributed by atoms with Gasteiger partial charge in [-0.15, -0.1) is 0 Å². The molecule has 1 atom stereocenters. The molecule has 170 valence electrons. The van der Waals surface area contributed by atoms with Gasteiger partial charge < -0.3 is 9.30 Å². The van der Waals surface area contributed by atoms with Crippen LogP contribution >= 0.6 is 0 Å². The molecule has 5 rings (SSSR count). The summed E-state index contributed by atoms with van der Waals surface area (Å²) >= 11 is 0. The van der Waals surface area contributed by atoms with Crippen LogP contribution in [0.5, 0.6) is 0 Å². The summed E-state index contributed by atoms with van der Waals surface area (Å²) in [4.78, 5) is 12.7. The van der Waals surface area contributed by atoms with Crippen LogP contribution in [0.1, 0.15) is 25.7 Å². The second kappa shape index (κ2) is 10.1. The average molecular weight is 464 g/mol. The Kier molecular flexibility index (Phi) is 6.59. The number of anilines is 1. The van der Waals surface area contributed by atoms with E-state index in [2.05, 4.69) is 120 Å². The number of ether oxygens (including phenoxy) is 1. The number of carbonyl (C=O) groups excluding carboxylic acids is 1. The van der Waals surface area contributed by atoms with E-state index in [0.717, 1.165) is 24.9 Å². The lowest BCUT2D eigenvalue weighted by Crippen LogP contribution is -2.79. The molecule has 1 fully saturated rings. The SMILES string of the molecule is O=C1CCCCC(N(c2ccccc2)[Si](c2ccccc2)(c2ccccc2)c2ccccc2)O1. The highest BCUT2D eigenvalue weighted by atomic mass is 28.3. The maximum atomic E-state index is 12.7. The van der Waals surface area contributed by atoms with Crippen LogP contribution in [-0.2, 0) is 9.53 Å². The van der Waals surface area contributed by atoms with Crippen molar-refractivity contribution in [2.24, 2.45) is 0 Å². The van der Waals surface area contributed by atoms with E-state index in [0.29, 0.717) is 6.42 Å². The number of esters is 1. The first-order valence-corrected chi connectivity index (χ1v) is 14.0. The molecule has 4 aromatic carbocycles. The lowest BCUT2D eigenvalue weighted by atomic mass is 10.2. The van der Waals surface area contributed by atoms with Crippen LogP contribution in [0.25, 0.3) is 0 Å². The minimum Gasteiger partial charge on any atom is -0.442 e. The van der Waals surface area contributed by atoms with Crippen molar-refractivity contribution in [1.29, 1.82) is 0 Å². The second-order valence-corrected chi connectivity index (χ2v) is 12.3. The van der Waals surface area contributed by atoms with Crippen LogP contribution in [0, 0.1) is 0 Å². The fourth-order valence-corrected chi connectivity index (χ4v) is 10.2. The number of para-hydroxylation sites is 1. The summed E-state index contributed by atoms with van der Waals surface area (Å²) in [5, 5.41) is 3.78. The summed E-state index contributed by atoms with van der Waals surface area (Å²) < 4.78 is 8.69. The quantitative estimate of drug-likeness (QED) is 0.238. The van der Waals surface area contributed by atoms with E-state index in [1.165, 1.54) is 15.6 Å². The van der Waals surface area contributed by atoms with Crippen LogP contribution in [0.3, 0.4) is 0 Å². The van der Waals surface area contributed by atoms with Gasteiger partial charge in [-0.25, -0.2) is 0 Å². The van der Waals surface area contributed by atoms with E-state index in [1.54, 1.807) is 0 Å². The minimum atomic E-state index is -2.88. The van der Waals surface area contributed by atoms with Crippen LogP contribution in [0.2, 0.25) is 0 Å². The predicted octanol–water partition coefficient (Wildman–Crippen LogP) is 4.60. The molecule has 1 unspecified atom stereocenters. The number of hydrogen-bond donors (Lipinski definition) is 0. The van der Waals surface area contributed by atoms with Gasteiger partial charge >= 0.3 is 5.97 Å². The third-order valence-electron chi connectivity index (χ3n) is 6.61. The summed E-state index contributed by atoms with van der Waals surface area (Å²) in [5.41, 5.74) is 1.07. The molecular formula is C30H29NO2Si. The molecule has 1 saturated heterocycles. The van der Waals surface area contributed by atoms with Crippen molar-refractivity contribution >= 4 is 35.5 Å². The number of rotatable bonds is 6. The molecule has 0 spiro atoms. The van der Waals surface area contributed by atoms with Crippen molar-refractivity contribution in [3.8, 4) is 0 Å². The zero-order chi connectivity index (χ0) is 23.2. The third-order valence-corrected chi connectivity index (χ3v) is 11.4. The van der Waals surface area contributed by atoms with Crippen LogP contribution in [0.15, 0.2) is 121 Å². The van der Waals surface area contributed by atoms with Gasteiger partial charge in [0.05, 0.1) is 0 Å². The Bertz CT molecular complexity index is 1100. The van der Waals surface area contributed by atoms with Crippen molar-refractivity contribution in [3.05, 3.63) is 121 Å². The fourth-order valence-electron chi connectivity index (χ4n) is 5.16. The summed E-state index contributed by atoms with van der Waals surface area (Å²) in [6.45, 7) is 0. The van der Waals surface area contributed by atoms with E-state index < -0.39 is 8.24 Å². The van der Waals surface area contributed by atoms with Crippen LogP contribution in [0.4, 0.5) is 5.69 Å². The van der Waals surface area contributed by atoms with Crippen molar-refractivity contribution in [1.82, 2.24) is 0 Å². The molecule has 34 heavy (non-hydrogen) atoms. The predicted molar refractivity (Wildman–Crippen MR) is 141 cm³/mol. The van der Waals surface area contributed by atoms with Gasteiger partial charge in [-0.2, -0.15) is 0 Å². The maximum Gasteiger partial charge on any atom is 0.307 e. The third kappa shape index (κ3) is 4.17. The number of benzene rings is 4. The first kappa shape index (κ1) is 22.2. The Balaban J connectivity index is 1.87. The highest BCUT2D eigenvalue weighted by Gasteiger charge is 2.49. The van der Waals surface area contributed by atoms with Crippen molar-refractivity contribution in [2.75, 3.05) is 4.57 Å². The van der Waals surface area contributed by atoms with Crippen molar-refractivity contribution in [2.45, 2.75) is 31.9 Å². The van der Waals surface area contributed by atoms with Gasteiger partial charge in [0.2, 0.25) is 0 Å². The lowest BCUT2D eigenvalue weighted by Gasteiger charge is -2.48. The summed E-state index contributed by atoms with van der Waals surface area (Å²) in [5.74, 6) is -0.111. The van der Waals surface area contributed by atoms with Gasteiger partial charge in [-0.05, 0) is 40.5 Å². The number of nitrogens with zero attached hydrogens (tertiary/aromatic N) is 1. The summed E-state index contributed by atoms with van der Waals surface area (Å²) in [6, 6.07) is 42.8.